The minimum absolute atomic E-state index is 0.0489. The van der Waals surface area contributed by atoms with E-state index in [1.165, 1.54) is 0 Å². The third-order valence-corrected chi connectivity index (χ3v) is 1.40. The van der Waals surface area contributed by atoms with E-state index >= 15 is 0 Å². The van der Waals surface area contributed by atoms with Crippen LogP contribution < -0.4 is 11.1 Å². The van der Waals surface area contributed by atoms with E-state index in [-0.39, 0.29) is 6.01 Å². The Morgan fingerprint density at radius 1 is 1.36 bits per heavy atom. The summed E-state index contributed by atoms with van der Waals surface area (Å²) in [6.07, 6.45) is 0. The lowest BCUT2D eigenvalue weighted by Crippen LogP contribution is -2.12. The van der Waals surface area contributed by atoms with Crippen LogP contribution in [0.4, 0.5) is 12.0 Å². The van der Waals surface area contributed by atoms with Crippen LogP contribution in [0.25, 0.3) is 0 Å². The molecular weight excluding hydrogens is 188 g/mol. The number of hydrogen-bond acceptors (Lipinski definition) is 7. The molecule has 0 radical (unpaired) electrons. The van der Waals surface area contributed by atoms with E-state index in [2.05, 4.69) is 15.5 Å². The van der Waals surface area contributed by atoms with Gasteiger partial charge in [-0.3, -0.25) is 0 Å². The van der Waals surface area contributed by atoms with Crippen LogP contribution in [0, 0.1) is 0 Å². The summed E-state index contributed by atoms with van der Waals surface area (Å²) in [6.45, 7) is 2.30. The van der Waals surface area contributed by atoms with E-state index in [0.29, 0.717) is 32.4 Å². The summed E-state index contributed by atoms with van der Waals surface area (Å²) in [5, 5.41) is 9.96. The van der Waals surface area contributed by atoms with Crippen molar-refractivity contribution in [1.82, 2.24) is 10.2 Å². The first-order valence-corrected chi connectivity index (χ1v) is 4.22. The van der Waals surface area contributed by atoms with Crippen LogP contribution in [-0.4, -0.2) is 43.7 Å². The Balaban J connectivity index is 1.99. The van der Waals surface area contributed by atoms with Gasteiger partial charge in [-0.2, -0.15) is 0 Å². The normalized spacial score (nSPS) is 10.4. The first kappa shape index (κ1) is 10.7. The summed E-state index contributed by atoms with van der Waals surface area (Å²) in [4.78, 5) is 0. The molecule has 1 heterocycles. The van der Waals surface area contributed by atoms with Crippen molar-refractivity contribution in [2.45, 2.75) is 0 Å². The molecule has 0 aliphatic carbocycles. The smallest absolute Gasteiger partial charge is 0.316 e. The second-order valence-corrected chi connectivity index (χ2v) is 2.48. The molecule has 1 rings (SSSR count). The Kier molecular flexibility index (Phi) is 4.73. The van der Waals surface area contributed by atoms with Gasteiger partial charge in [0.15, 0.2) is 0 Å². The molecule has 1 aromatic heterocycles. The summed E-state index contributed by atoms with van der Waals surface area (Å²) < 4.78 is 14.9. The van der Waals surface area contributed by atoms with E-state index in [1.54, 1.807) is 7.11 Å². The number of nitrogens with one attached hydrogen (secondary N) is 1. The molecule has 14 heavy (non-hydrogen) atoms. The van der Waals surface area contributed by atoms with Gasteiger partial charge in [-0.1, -0.05) is 10.2 Å². The average molecular weight is 202 g/mol. The Hall–Kier alpha value is -1.34. The van der Waals surface area contributed by atoms with Crippen molar-refractivity contribution in [3.8, 4) is 0 Å². The number of ether oxygens (including phenoxy) is 2. The molecule has 80 valence electrons. The van der Waals surface area contributed by atoms with Gasteiger partial charge >= 0.3 is 12.0 Å². The Labute approximate surface area is 81.6 Å². The number of anilines is 2. The third kappa shape index (κ3) is 4.06. The maximum atomic E-state index is 5.22. The zero-order chi connectivity index (χ0) is 10.2. The molecule has 0 amide bonds. The first-order valence-electron chi connectivity index (χ1n) is 4.22. The van der Waals surface area contributed by atoms with E-state index in [4.69, 9.17) is 19.6 Å². The predicted octanol–water partition coefficient (Wildman–Crippen LogP) is -0.273. The molecule has 3 N–H and O–H groups in total. The molecule has 0 unspecified atom stereocenters. The van der Waals surface area contributed by atoms with E-state index in [1.807, 2.05) is 0 Å². The van der Waals surface area contributed by atoms with Gasteiger partial charge in [0.05, 0.1) is 19.8 Å². The largest absolute Gasteiger partial charge is 0.390 e. The van der Waals surface area contributed by atoms with Crippen molar-refractivity contribution < 1.29 is 13.9 Å². The number of rotatable bonds is 7. The van der Waals surface area contributed by atoms with Crippen molar-refractivity contribution in [1.29, 1.82) is 0 Å². The summed E-state index contributed by atoms with van der Waals surface area (Å²) in [5.74, 6) is 0. The number of hydrogen-bond donors (Lipinski definition) is 2. The lowest BCUT2D eigenvalue weighted by Gasteiger charge is -2.02. The minimum Gasteiger partial charge on any atom is -0.390 e. The highest BCUT2D eigenvalue weighted by Gasteiger charge is 1.99. The fraction of sp³-hybridized carbons (Fsp3) is 0.714. The predicted molar refractivity (Wildman–Crippen MR) is 49.9 cm³/mol. The Morgan fingerprint density at radius 2 is 2.21 bits per heavy atom. The molecule has 0 bridgehead atoms. The fourth-order valence-corrected chi connectivity index (χ4v) is 0.780. The van der Waals surface area contributed by atoms with Crippen molar-refractivity contribution in [2.75, 3.05) is 44.5 Å². The van der Waals surface area contributed by atoms with Crippen molar-refractivity contribution in [2.24, 2.45) is 0 Å². The number of aromatic nitrogens is 2. The standard InChI is InChI=1S/C7H14N4O3/c1-12-4-5-13-3-2-9-7-11-10-6(8)14-7/h2-5H2,1H3,(H2,8,10)(H,9,11). The molecule has 0 fully saturated rings. The topological polar surface area (TPSA) is 95.4 Å². The Bertz CT molecular complexity index is 253. The summed E-state index contributed by atoms with van der Waals surface area (Å²) in [5.41, 5.74) is 5.22. The monoisotopic (exact) mass is 202 g/mol. The van der Waals surface area contributed by atoms with Gasteiger partial charge in [-0.25, -0.2) is 0 Å². The van der Waals surface area contributed by atoms with Crippen LogP contribution in [0.15, 0.2) is 4.42 Å². The number of nitrogens with two attached hydrogens (primary N) is 1. The van der Waals surface area contributed by atoms with Gasteiger partial charge in [-0.05, 0) is 0 Å². The fourth-order valence-electron chi connectivity index (χ4n) is 0.780. The lowest BCUT2D eigenvalue weighted by atomic mass is 10.6. The molecule has 0 saturated carbocycles. The minimum atomic E-state index is 0.0489. The summed E-state index contributed by atoms with van der Waals surface area (Å²) in [7, 11) is 1.63. The Morgan fingerprint density at radius 3 is 2.86 bits per heavy atom. The highest BCUT2D eigenvalue weighted by Crippen LogP contribution is 2.04. The zero-order valence-electron chi connectivity index (χ0n) is 8.02. The number of nitrogens with zero attached hydrogens (tertiary/aromatic N) is 2. The molecule has 0 atom stereocenters. The maximum Gasteiger partial charge on any atom is 0.316 e. The van der Waals surface area contributed by atoms with Crippen LogP contribution in [0.3, 0.4) is 0 Å². The van der Waals surface area contributed by atoms with Gasteiger partial charge in [0, 0.05) is 13.7 Å². The molecule has 0 aromatic carbocycles. The average Bonchev–Trinajstić information content (AvgIpc) is 2.58. The summed E-state index contributed by atoms with van der Waals surface area (Å²) in [6, 6.07) is 0.352. The van der Waals surface area contributed by atoms with Crippen molar-refractivity contribution >= 4 is 12.0 Å². The molecule has 0 aliphatic heterocycles. The molecule has 0 spiro atoms. The van der Waals surface area contributed by atoms with Gasteiger partial charge in [0.25, 0.3) is 0 Å². The van der Waals surface area contributed by atoms with Gasteiger partial charge in [0.2, 0.25) is 0 Å². The highest BCUT2D eigenvalue weighted by atomic mass is 16.5. The molecule has 0 saturated heterocycles. The van der Waals surface area contributed by atoms with Crippen molar-refractivity contribution in [3.63, 3.8) is 0 Å². The van der Waals surface area contributed by atoms with Crippen LogP contribution >= 0.6 is 0 Å². The quantitative estimate of drug-likeness (QED) is 0.587. The molecule has 7 nitrogen and oxygen atoms in total. The highest BCUT2D eigenvalue weighted by molar-refractivity contribution is 5.21. The second-order valence-electron chi connectivity index (χ2n) is 2.48. The summed E-state index contributed by atoms with van der Waals surface area (Å²) >= 11 is 0. The van der Waals surface area contributed by atoms with E-state index in [9.17, 15) is 0 Å². The lowest BCUT2D eigenvalue weighted by molar-refractivity contribution is 0.0758. The van der Waals surface area contributed by atoms with Gasteiger partial charge < -0.3 is 24.9 Å². The zero-order valence-corrected chi connectivity index (χ0v) is 8.02. The first-order chi connectivity index (χ1) is 6.83. The van der Waals surface area contributed by atoms with Crippen LogP contribution in [-0.2, 0) is 9.47 Å². The second kappa shape index (κ2) is 6.17. The van der Waals surface area contributed by atoms with E-state index < -0.39 is 0 Å². The van der Waals surface area contributed by atoms with Crippen LogP contribution in [0.1, 0.15) is 0 Å². The number of nitrogen functional groups attached to an aromatic ring is 1. The molecule has 0 aliphatic rings. The van der Waals surface area contributed by atoms with Crippen LogP contribution in [0.5, 0.6) is 0 Å². The number of methoxy groups -OCH3 is 1. The SMILES string of the molecule is COCCOCCNc1nnc(N)o1. The van der Waals surface area contributed by atoms with Crippen LogP contribution in [0.2, 0.25) is 0 Å². The maximum absolute atomic E-state index is 5.22. The molecule has 1 aromatic rings. The van der Waals surface area contributed by atoms with Crippen molar-refractivity contribution in [3.05, 3.63) is 0 Å². The third-order valence-electron chi connectivity index (χ3n) is 1.40. The van der Waals surface area contributed by atoms with E-state index in [0.717, 1.165) is 0 Å². The van der Waals surface area contributed by atoms with Gasteiger partial charge in [-0.15, -0.1) is 0 Å². The molecular formula is C7H14N4O3. The van der Waals surface area contributed by atoms with Gasteiger partial charge in [0.1, 0.15) is 0 Å². The molecule has 7 heteroatoms.